The van der Waals surface area contributed by atoms with E-state index >= 15 is 0 Å². The van der Waals surface area contributed by atoms with E-state index in [2.05, 4.69) is 6.58 Å². The first-order chi connectivity index (χ1) is 2.56. The molecule has 0 saturated carbocycles. The van der Waals surface area contributed by atoms with E-state index in [9.17, 15) is 9.46 Å². The summed E-state index contributed by atoms with van der Waals surface area (Å²) in [6.07, 6.45) is 0. The van der Waals surface area contributed by atoms with Gasteiger partial charge in [0.25, 0.3) is 0 Å². The molecular formula is C3H6O2P-. The van der Waals surface area contributed by atoms with Crippen LogP contribution in [0.2, 0.25) is 0 Å². The molecule has 0 aliphatic carbocycles. The highest BCUT2D eigenvalue weighted by Gasteiger charge is 1.82. The Morgan fingerprint density at radius 2 is 2.17 bits per heavy atom. The van der Waals surface area contributed by atoms with E-state index in [0.717, 1.165) is 12.5 Å². The van der Waals surface area contributed by atoms with Crippen LogP contribution in [0.3, 0.4) is 0 Å². The minimum atomic E-state index is -3.13. The van der Waals surface area contributed by atoms with E-state index in [1.165, 1.54) is 0 Å². The summed E-state index contributed by atoms with van der Waals surface area (Å²) in [6, 6.07) is 0. The summed E-state index contributed by atoms with van der Waals surface area (Å²) < 4.78 is 9.91. The summed E-state index contributed by atoms with van der Waals surface area (Å²) >= 11 is 0. The van der Waals surface area contributed by atoms with Gasteiger partial charge in [-0.15, -0.1) is 0 Å². The minimum absolute atomic E-state index is 0.938. The average Bonchev–Trinajstić information content (AvgIpc) is 1.35. The third-order valence-electron chi connectivity index (χ3n) is 0.332. The predicted octanol–water partition coefficient (Wildman–Crippen LogP) is 0.398. The predicted molar refractivity (Wildman–Crippen MR) is 23.7 cm³/mol. The smallest absolute Gasteiger partial charge is 0.0326 e. The Kier molecular flexibility index (Phi) is 1.57. The van der Waals surface area contributed by atoms with Gasteiger partial charge in [-0.2, -0.15) is 0 Å². The topological polar surface area (TPSA) is 40.1 Å². The molecule has 0 aliphatic rings. The van der Waals surface area contributed by atoms with Crippen molar-refractivity contribution in [2.24, 2.45) is 0 Å². The quantitative estimate of drug-likeness (QED) is 0.453. The lowest BCUT2D eigenvalue weighted by Crippen LogP contribution is -1.92. The number of hydrogen-bond donors (Lipinski definition) is 0. The third-order valence-corrected chi connectivity index (χ3v) is 0.995. The van der Waals surface area contributed by atoms with Crippen LogP contribution >= 0.6 is 7.37 Å². The van der Waals surface area contributed by atoms with Crippen molar-refractivity contribution in [3.63, 3.8) is 0 Å². The molecule has 0 aromatic heterocycles. The van der Waals surface area contributed by atoms with Gasteiger partial charge in [0.1, 0.15) is 0 Å². The third kappa shape index (κ3) is 3.93. The molecule has 0 aromatic carbocycles. The fourth-order valence-corrected chi connectivity index (χ4v) is 0. The van der Waals surface area contributed by atoms with Crippen LogP contribution < -0.4 is 4.89 Å². The Balaban J connectivity index is 3.81. The van der Waals surface area contributed by atoms with Crippen LogP contribution in [0.1, 0.15) is 0 Å². The Bertz CT molecular complexity index is 91.0. The van der Waals surface area contributed by atoms with E-state index in [4.69, 9.17) is 0 Å². The molecule has 1 atom stereocenters. The summed E-state index contributed by atoms with van der Waals surface area (Å²) in [7, 11) is -3.13. The first-order valence-electron chi connectivity index (χ1n) is 1.48. The molecule has 0 amide bonds. The molecule has 0 bridgehead atoms. The standard InChI is InChI=1S/C3H7O2P/c1-3-6(2,4)5/h3H,1H2,2H3,(H,4,5)/p-1. The molecule has 1 unspecified atom stereocenters. The molecule has 36 valence electrons. The maximum atomic E-state index is 9.91. The summed E-state index contributed by atoms with van der Waals surface area (Å²) in [5.74, 6) is 0.938. The fourth-order valence-electron chi connectivity index (χ4n) is 0. The van der Waals surface area contributed by atoms with Crippen molar-refractivity contribution in [3.8, 4) is 0 Å². The SMILES string of the molecule is C=CP(C)(=O)[O-]. The molecule has 0 aliphatic heterocycles. The Morgan fingerprint density at radius 3 is 2.17 bits per heavy atom. The van der Waals surface area contributed by atoms with Crippen molar-refractivity contribution < 1.29 is 9.46 Å². The van der Waals surface area contributed by atoms with Gasteiger partial charge in [-0.1, -0.05) is 6.58 Å². The van der Waals surface area contributed by atoms with Crippen molar-refractivity contribution in [2.75, 3.05) is 6.66 Å². The van der Waals surface area contributed by atoms with Crippen LogP contribution in [0.4, 0.5) is 0 Å². The lowest BCUT2D eigenvalue weighted by molar-refractivity contribution is -0.170. The molecule has 0 saturated heterocycles. The lowest BCUT2D eigenvalue weighted by atomic mass is 11.3. The van der Waals surface area contributed by atoms with Crippen molar-refractivity contribution >= 4 is 7.37 Å². The average molecular weight is 105 g/mol. The highest BCUT2D eigenvalue weighted by molar-refractivity contribution is 7.58. The molecule has 0 heterocycles. The van der Waals surface area contributed by atoms with E-state index < -0.39 is 7.37 Å². The van der Waals surface area contributed by atoms with E-state index in [1.807, 2.05) is 0 Å². The van der Waals surface area contributed by atoms with Crippen molar-refractivity contribution in [1.29, 1.82) is 0 Å². The second-order valence-electron chi connectivity index (χ2n) is 1.09. The molecular weight excluding hydrogens is 99.0 g/mol. The minimum Gasteiger partial charge on any atom is -0.797 e. The molecule has 0 spiro atoms. The summed E-state index contributed by atoms with van der Waals surface area (Å²) in [6.45, 7) is 4.18. The van der Waals surface area contributed by atoms with Crippen LogP contribution in [0.25, 0.3) is 0 Å². The molecule has 0 aromatic rings. The van der Waals surface area contributed by atoms with Crippen LogP contribution in [0, 0.1) is 0 Å². The second kappa shape index (κ2) is 1.59. The van der Waals surface area contributed by atoms with Gasteiger partial charge in [-0.05, 0) is 12.5 Å². The molecule has 0 radical (unpaired) electrons. The molecule has 6 heavy (non-hydrogen) atoms. The molecule has 2 nitrogen and oxygen atoms in total. The first-order valence-corrected chi connectivity index (χ1v) is 3.62. The first kappa shape index (κ1) is 5.93. The van der Waals surface area contributed by atoms with Crippen LogP contribution in [-0.2, 0) is 4.57 Å². The van der Waals surface area contributed by atoms with Gasteiger partial charge in [0.2, 0.25) is 0 Å². The Morgan fingerprint density at radius 1 is 2.00 bits per heavy atom. The molecule has 0 rings (SSSR count). The van der Waals surface area contributed by atoms with Gasteiger partial charge >= 0.3 is 0 Å². The zero-order chi connectivity index (χ0) is 5.21. The summed E-state index contributed by atoms with van der Waals surface area (Å²) in [5.41, 5.74) is 0. The number of rotatable bonds is 1. The maximum absolute atomic E-state index is 9.91. The van der Waals surface area contributed by atoms with Gasteiger partial charge in [-0.3, -0.25) is 0 Å². The highest BCUT2D eigenvalue weighted by Crippen LogP contribution is 2.29. The van der Waals surface area contributed by atoms with Crippen molar-refractivity contribution in [3.05, 3.63) is 12.4 Å². The van der Waals surface area contributed by atoms with Crippen LogP contribution in [0.15, 0.2) is 12.4 Å². The molecule has 0 N–H and O–H groups in total. The second-order valence-corrected chi connectivity index (χ2v) is 3.27. The van der Waals surface area contributed by atoms with Crippen LogP contribution in [-0.4, -0.2) is 6.66 Å². The number of hydrogen-bond acceptors (Lipinski definition) is 2. The lowest BCUT2D eigenvalue weighted by Gasteiger charge is -2.08. The van der Waals surface area contributed by atoms with Gasteiger partial charge in [0.05, 0.1) is 0 Å². The summed E-state index contributed by atoms with van der Waals surface area (Å²) in [4.78, 5) is 9.91. The monoisotopic (exact) mass is 105 g/mol. The molecule has 0 fully saturated rings. The maximum Gasteiger partial charge on any atom is 0.0326 e. The zero-order valence-corrected chi connectivity index (χ0v) is 4.44. The highest BCUT2D eigenvalue weighted by atomic mass is 31.2. The van der Waals surface area contributed by atoms with Gasteiger partial charge < -0.3 is 9.46 Å². The van der Waals surface area contributed by atoms with Gasteiger partial charge in [0, 0.05) is 7.37 Å². The van der Waals surface area contributed by atoms with E-state index in [0.29, 0.717) is 0 Å². The molecule has 3 heteroatoms. The summed E-state index contributed by atoms with van der Waals surface area (Å²) in [5, 5.41) is 0. The Hall–Kier alpha value is -0.0700. The largest absolute Gasteiger partial charge is 0.797 e. The van der Waals surface area contributed by atoms with Gasteiger partial charge in [0.15, 0.2) is 0 Å². The van der Waals surface area contributed by atoms with Gasteiger partial charge in [-0.25, -0.2) is 0 Å². The zero-order valence-electron chi connectivity index (χ0n) is 3.55. The van der Waals surface area contributed by atoms with Crippen molar-refractivity contribution in [1.82, 2.24) is 0 Å². The van der Waals surface area contributed by atoms with Crippen molar-refractivity contribution in [2.45, 2.75) is 0 Å². The Labute approximate surface area is 37.0 Å². The van der Waals surface area contributed by atoms with Crippen LogP contribution in [0.5, 0.6) is 0 Å². The van der Waals surface area contributed by atoms with E-state index in [1.54, 1.807) is 0 Å². The van der Waals surface area contributed by atoms with E-state index in [-0.39, 0.29) is 0 Å². The fraction of sp³-hybridized carbons (Fsp3) is 0.333. The normalized spacial score (nSPS) is 19.0.